The first-order valence-electron chi connectivity index (χ1n) is 5.10. The summed E-state index contributed by atoms with van der Waals surface area (Å²) in [6.45, 7) is 4.45. The summed E-state index contributed by atoms with van der Waals surface area (Å²) in [6, 6.07) is 8.55. The van der Waals surface area contributed by atoms with Gasteiger partial charge in [0, 0.05) is 12.6 Å². The Morgan fingerprint density at radius 2 is 2.00 bits per heavy atom. The third kappa shape index (κ3) is 1.63. The predicted octanol–water partition coefficient (Wildman–Crippen LogP) is 3.52. The largest absolute Gasteiger partial charge is 0.261 e. The fourth-order valence-electron chi connectivity index (χ4n) is 1.80. The Kier molecular flexibility index (Phi) is 2.49. The van der Waals surface area contributed by atoms with Gasteiger partial charge < -0.3 is 0 Å². The molecule has 0 radical (unpaired) electrons. The van der Waals surface area contributed by atoms with E-state index in [2.05, 4.69) is 49.2 Å². The normalized spacial score (nSPS) is 14.9. The summed E-state index contributed by atoms with van der Waals surface area (Å²) in [6.07, 6.45) is 4.97. The highest BCUT2D eigenvalue weighted by molar-refractivity contribution is 6.04. The van der Waals surface area contributed by atoms with Crippen LogP contribution < -0.4 is 0 Å². The fraction of sp³-hybridized carbons (Fsp3) is 0.308. The Balaban J connectivity index is 2.42. The Hall–Kier alpha value is -1.37. The molecule has 0 atom stereocenters. The Morgan fingerprint density at radius 3 is 2.64 bits per heavy atom. The van der Waals surface area contributed by atoms with Crippen molar-refractivity contribution in [3.8, 4) is 0 Å². The van der Waals surface area contributed by atoms with Crippen LogP contribution in [0.25, 0.3) is 0 Å². The molecule has 1 aromatic carbocycles. The molecular weight excluding hydrogens is 170 g/mol. The van der Waals surface area contributed by atoms with Gasteiger partial charge in [0.25, 0.3) is 0 Å². The van der Waals surface area contributed by atoms with Crippen LogP contribution in [-0.4, -0.2) is 5.71 Å². The van der Waals surface area contributed by atoms with Gasteiger partial charge in [-0.1, -0.05) is 44.2 Å². The average molecular weight is 185 g/mol. The van der Waals surface area contributed by atoms with Crippen molar-refractivity contribution in [2.45, 2.75) is 26.2 Å². The molecule has 0 saturated carbocycles. The van der Waals surface area contributed by atoms with Gasteiger partial charge in [0.2, 0.25) is 0 Å². The van der Waals surface area contributed by atoms with E-state index in [4.69, 9.17) is 0 Å². The van der Waals surface area contributed by atoms with E-state index in [0.29, 0.717) is 5.92 Å². The van der Waals surface area contributed by atoms with E-state index in [1.807, 2.05) is 6.20 Å². The number of benzene rings is 1. The highest BCUT2D eigenvalue weighted by atomic mass is 14.7. The highest BCUT2D eigenvalue weighted by Gasteiger charge is 2.11. The lowest BCUT2D eigenvalue weighted by Crippen LogP contribution is -2.03. The summed E-state index contributed by atoms with van der Waals surface area (Å²) in [4.78, 5) is 4.39. The second-order valence-electron chi connectivity index (χ2n) is 3.91. The van der Waals surface area contributed by atoms with Gasteiger partial charge in [-0.25, -0.2) is 0 Å². The van der Waals surface area contributed by atoms with Crippen LogP contribution in [0.5, 0.6) is 0 Å². The number of rotatable bonds is 2. The Morgan fingerprint density at radius 1 is 1.21 bits per heavy atom. The van der Waals surface area contributed by atoms with Crippen molar-refractivity contribution >= 4 is 5.71 Å². The molecule has 1 nitrogen and oxygen atoms in total. The molecule has 1 heteroatoms. The van der Waals surface area contributed by atoms with Crippen LogP contribution in [0.15, 0.2) is 41.5 Å². The van der Waals surface area contributed by atoms with Crippen molar-refractivity contribution in [2.75, 3.05) is 0 Å². The molecule has 0 spiro atoms. The number of aliphatic imine (C=N–C) groups is 1. The van der Waals surface area contributed by atoms with Crippen molar-refractivity contribution in [3.63, 3.8) is 0 Å². The molecule has 1 aliphatic rings. The van der Waals surface area contributed by atoms with Crippen LogP contribution in [0.1, 0.15) is 37.3 Å². The van der Waals surface area contributed by atoms with Gasteiger partial charge in [0.15, 0.2) is 0 Å². The minimum Gasteiger partial charge on any atom is -0.261 e. The fourth-order valence-corrected chi connectivity index (χ4v) is 1.80. The van der Waals surface area contributed by atoms with Crippen molar-refractivity contribution in [1.29, 1.82) is 0 Å². The van der Waals surface area contributed by atoms with Crippen LogP contribution in [0, 0.1) is 0 Å². The van der Waals surface area contributed by atoms with Gasteiger partial charge in [-0.15, -0.1) is 0 Å². The maximum absolute atomic E-state index is 4.39. The lowest BCUT2D eigenvalue weighted by Gasteiger charge is -2.11. The summed E-state index contributed by atoms with van der Waals surface area (Å²) in [7, 11) is 0. The molecule has 0 unspecified atom stereocenters. The number of allylic oxidation sites excluding steroid dienone is 1. The molecule has 0 fully saturated rings. The van der Waals surface area contributed by atoms with Gasteiger partial charge >= 0.3 is 0 Å². The standard InChI is InChI=1S/C13H15N/c1-10(2)11-6-3-4-7-12(11)13-8-5-9-14-13/h3-7,9-10H,8H2,1-2H3. The second kappa shape index (κ2) is 3.79. The van der Waals surface area contributed by atoms with Gasteiger partial charge in [0.05, 0.1) is 5.71 Å². The summed E-state index contributed by atoms with van der Waals surface area (Å²) < 4.78 is 0. The zero-order chi connectivity index (χ0) is 9.97. The highest BCUT2D eigenvalue weighted by Crippen LogP contribution is 2.22. The molecule has 0 bridgehead atoms. The predicted molar refractivity (Wildman–Crippen MR) is 60.8 cm³/mol. The number of hydrogen-bond donors (Lipinski definition) is 0. The topological polar surface area (TPSA) is 12.4 Å². The molecule has 72 valence electrons. The van der Waals surface area contributed by atoms with Crippen molar-refractivity contribution in [2.24, 2.45) is 4.99 Å². The first-order valence-corrected chi connectivity index (χ1v) is 5.10. The number of hydrogen-bond acceptors (Lipinski definition) is 1. The summed E-state index contributed by atoms with van der Waals surface area (Å²) in [5.74, 6) is 0.564. The zero-order valence-electron chi connectivity index (χ0n) is 8.70. The van der Waals surface area contributed by atoms with Gasteiger partial charge in [0.1, 0.15) is 0 Å². The van der Waals surface area contributed by atoms with Gasteiger partial charge in [-0.2, -0.15) is 0 Å². The quantitative estimate of drug-likeness (QED) is 0.668. The molecule has 0 amide bonds. The van der Waals surface area contributed by atoms with Crippen molar-refractivity contribution in [1.82, 2.24) is 0 Å². The third-order valence-corrected chi connectivity index (χ3v) is 2.54. The SMILES string of the molecule is CC(C)c1ccccc1C1=NC=CC1. The first kappa shape index (κ1) is 9.20. The molecule has 2 rings (SSSR count). The Labute approximate surface area is 85.2 Å². The number of nitrogens with zero attached hydrogens (tertiary/aromatic N) is 1. The van der Waals surface area contributed by atoms with E-state index in [1.54, 1.807) is 0 Å². The average Bonchev–Trinajstić information content (AvgIpc) is 2.70. The maximum Gasteiger partial charge on any atom is 0.0516 e. The molecular formula is C13H15N. The van der Waals surface area contributed by atoms with Gasteiger partial charge in [-0.3, -0.25) is 4.99 Å². The molecule has 1 heterocycles. The third-order valence-electron chi connectivity index (χ3n) is 2.54. The first-order chi connectivity index (χ1) is 6.79. The van der Waals surface area contributed by atoms with E-state index in [9.17, 15) is 0 Å². The van der Waals surface area contributed by atoms with Gasteiger partial charge in [-0.05, 0) is 17.0 Å². The minimum absolute atomic E-state index is 0.564. The van der Waals surface area contributed by atoms with Crippen LogP contribution >= 0.6 is 0 Å². The molecule has 0 aromatic heterocycles. The van der Waals surface area contributed by atoms with Crippen LogP contribution in [0.4, 0.5) is 0 Å². The maximum atomic E-state index is 4.39. The van der Waals surface area contributed by atoms with E-state index in [1.165, 1.54) is 16.8 Å². The molecule has 1 aromatic rings. The molecule has 14 heavy (non-hydrogen) atoms. The minimum atomic E-state index is 0.564. The monoisotopic (exact) mass is 185 g/mol. The van der Waals surface area contributed by atoms with E-state index in [0.717, 1.165) is 6.42 Å². The van der Waals surface area contributed by atoms with Crippen molar-refractivity contribution in [3.05, 3.63) is 47.7 Å². The lowest BCUT2D eigenvalue weighted by atomic mass is 9.94. The summed E-state index contributed by atoms with van der Waals surface area (Å²) in [5.41, 5.74) is 3.91. The van der Waals surface area contributed by atoms with Crippen LogP contribution in [0.2, 0.25) is 0 Å². The lowest BCUT2D eigenvalue weighted by molar-refractivity contribution is 0.863. The summed E-state index contributed by atoms with van der Waals surface area (Å²) >= 11 is 0. The Bertz CT molecular complexity index is 386. The van der Waals surface area contributed by atoms with E-state index < -0.39 is 0 Å². The smallest absolute Gasteiger partial charge is 0.0516 e. The summed E-state index contributed by atoms with van der Waals surface area (Å²) in [5, 5.41) is 0. The molecule has 1 aliphatic heterocycles. The van der Waals surface area contributed by atoms with E-state index in [-0.39, 0.29) is 0 Å². The molecule has 0 saturated heterocycles. The second-order valence-corrected chi connectivity index (χ2v) is 3.91. The van der Waals surface area contributed by atoms with Crippen molar-refractivity contribution < 1.29 is 0 Å². The van der Waals surface area contributed by atoms with Crippen LogP contribution in [-0.2, 0) is 0 Å². The van der Waals surface area contributed by atoms with E-state index >= 15 is 0 Å². The molecule has 0 aliphatic carbocycles. The zero-order valence-corrected chi connectivity index (χ0v) is 8.70. The molecule has 0 N–H and O–H groups in total. The van der Waals surface area contributed by atoms with Crippen LogP contribution in [0.3, 0.4) is 0 Å².